The van der Waals surface area contributed by atoms with Gasteiger partial charge in [0.05, 0.1) is 12.5 Å². The maximum Gasteiger partial charge on any atom is 0.306 e. The Morgan fingerprint density at radius 3 is 2.44 bits per heavy atom. The standard InChI is InChI=1S/C11H21NO4/c1-4-8(2)5-10(13)12-7-9(16-3)6-11(14)15/h8-9H,4-7H2,1-3H3,(H,12,13)(H,14,15). The molecule has 0 aromatic rings. The van der Waals surface area contributed by atoms with Gasteiger partial charge in [0.15, 0.2) is 0 Å². The Bertz CT molecular complexity index is 230. The van der Waals surface area contributed by atoms with Crippen LogP contribution in [0.3, 0.4) is 0 Å². The molecule has 16 heavy (non-hydrogen) atoms. The third-order valence-corrected chi connectivity index (χ3v) is 2.49. The van der Waals surface area contributed by atoms with Crippen LogP contribution in [0.2, 0.25) is 0 Å². The number of carboxylic acids is 1. The van der Waals surface area contributed by atoms with Gasteiger partial charge in [0.1, 0.15) is 0 Å². The molecule has 0 aliphatic rings. The molecule has 0 aliphatic heterocycles. The SMILES string of the molecule is CCC(C)CC(=O)NCC(CC(=O)O)OC. The minimum Gasteiger partial charge on any atom is -0.481 e. The first-order chi connectivity index (χ1) is 7.49. The van der Waals surface area contributed by atoms with Crippen molar-refractivity contribution in [3.05, 3.63) is 0 Å². The quantitative estimate of drug-likeness (QED) is 0.654. The molecule has 0 heterocycles. The van der Waals surface area contributed by atoms with Gasteiger partial charge in [-0.3, -0.25) is 9.59 Å². The Morgan fingerprint density at radius 2 is 2.00 bits per heavy atom. The molecule has 0 saturated carbocycles. The lowest BCUT2D eigenvalue weighted by molar-refractivity contribution is -0.140. The molecule has 94 valence electrons. The summed E-state index contributed by atoms with van der Waals surface area (Å²) in [5.74, 6) is -0.634. The number of methoxy groups -OCH3 is 1. The van der Waals surface area contributed by atoms with Gasteiger partial charge in [0.25, 0.3) is 0 Å². The highest BCUT2D eigenvalue weighted by Crippen LogP contribution is 2.05. The average molecular weight is 231 g/mol. The molecule has 0 fully saturated rings. The number of hydrogen-bond acceptors (Lipinski definition) is 3. The molecule has 2 atom stereocenters. The molecule has 5 heteroatoms. The van der Waals surface area contributed by atoms with Crippen molar-refractivity contribution in [2.75, 3.05) is 13.7 Å². The first kappa shape index (κ1) is 14.9. The predicted molar refractivity (Wildman–Crippen MR) is 60.1 cm³/mol. The summed E-state index contributed by atoms with van der Waals surface area (Å²) < 4.78 is 4.95. The minimum atomic E-state index is -0.928. The molecule has 0 saturated heterocycles. The molecule has 0 rings (SSSR count). The number of carboxylic acid groups (broad SMARTS) is 1. The third-order valence-electron chi connectivity index (χ3n) is 2.49. The van der Waals surface area contributed by atoms with Crippen molar-refractivity contribution in [3.63, 3.8) is 0 Å². The van der Waals surface area contributed by atoms with E-state index in [-0.39, 0.29) is 18.9 Å². The second kappa shape index (κ2) is 8.10. The molecule has 0 aliphatic carbocycles. The van der Waals surface area contributed by atoms with Gasteiger partial charge in [-0.2, -0.15) is 0 Å². The highest BCUT2D eigenvalue weighted by atomic mass is 16.5. The molecule has 2 unspecified atom stereocenters. The Balaban J connectivity index is 3.83. The molecule has 0 aromatic heterocycles. The maximum atomic E-state index is 11.4. The van der Waals surface area contributed by atoms with E-state index >= 15 is 0 Å². The minimum absolute atomic E-state index is 0.0539. The van der Waals surface area contributed by atoms with Gasteiger partial charge in [-0.15, -0.1) is 0 Å². The lowest BCUT2D eigenvalue weighted by atomic mass is 10.1. The largest absolute Gasteiger partial charge is 0.481 e. The highest BCUT2D eigenvalue weighted by molar-refractivity contribution is 5.76. The molecule has 0 bridgehead atoms. The molecule has 0 aromatic carbocycles. The van der Waals surface area contributed by atoms with Crippen LogP contribution in [0.25, 0.3) is 0 Å². The number of carbonyl (C=O) groups is 2. The van der Waals surface area contributed by atoms with Crippen LogP contribution in [0.1, 0.15) is 33.1 Å². The number of amides is 1. The molecular formula is C11H21NO4. The van der Waals surface area contributed by atoms with Crippen LogP contribution in [0.15, 0.2) is 0 Å². The smallest absolute Gasteiger partial charge is 0.306 e. The fourth-order valence-corrected chi connectivity index (χ4v) is 1.19. The summed E-state index contributed by atoms with van der Waals surface area (Å²) in [6, 6.07) is 0. The van der Waals surface area contributed by atoms with E-state index in [1.807, 2.05) is 13.8 Å². The van der Waals surface area contributed by atoms with E-state index in [1.165, 1.54) is 7.11 Å². The Labute approximate surface area is 96.2 Å². The zero-order chi connectivity index (χ0) is 12.6. The summed E-state index contributed by atoms with van der Waals surface area (Å²) in [6.07, 6.45) is 0.870. The van der Waals surface area contributed by atoms with Crippen LogP contribution in [0.4, 0.5) is 0 Å². The first-order valence-electron chi connectivity index (χ1n) is 5.50. The number of carbonyl (C=O) groups excluding carboxylic acids is 1. The van der Waals surface area contributed by atoms with Crippen LogP contribution >= 0.6 is 0 Å². The van der Waals surface area contributed by atoms with Crippen LogP contribution in [0, 0.1) is 5.92 Å². The fourth-order valence-electron chi connectivity index (χ4n) is 1.19. The Kier molecular flexibility index (Phi) is 7.54. The van der Waals surface area contributed by atoms with Crippen molar-refractivity contribution in [3.8, 4) is 0 Å². The fraction of sp³-hybridized carbons (Fsp3) is 0.818. The van der Waals surface area contributed by atoms with Crippen LogP contribution in [0.5, 0.6) is 0 Å². The van der Waals surface area contributed by atoms with Crippen molar-refractivity contribution in [2.45, 2.75) is 39.2 Å². The van der Waals surface area contributed by atoms with Gasteiger partial charge >= 0.3 is 5.97 Å². The van der Waals surface area contributed by atoms with E-state index in [2.05, 4.69) is 5.32 Å². The topological polar surface area (TPSA) is 75.6 Å². The zero-order valence-electron chi connectivity index (χ0n) is 10.2. The van der Waals surface area contributed by atoms with Crippen molar-refractivity contribution in [2.24, 2.45) is 5.92 Å². The molecule has 1 amide bonds. The second-order valence-corrected chi connectivity index (χ2v) is 3.98. The summed E-state index contributed by atoms with van der Waals surface area (Å²) in [4.78, 5) is 21.8. The van der Waals surface area contributed by atoms with Crippen LogP contribution in [-0.4, -0.2) is 36.7 Å². The van der Waals surface area contributed by atoms with Crippen LogP contribution < -0.4 is 5.32 Å². The van der Waals surface area contributed by atoms with Crippen molar-refractivity contribution in [1.29, 1.82) is 0 Å². The van der Waals surface area contributed by atoms with Gasteiger partial charge in [-0.1, -0.05) is 20.3 Å². The summed E-state index contributed by atoms with van der Waals surface area (Å²) in [5.41, 5.74) is 0. The lowest BCUT2D eigenvalue weighted by Crippen LogP contribution is -2.35. The summed E-state index contributed by atoms with van der Waals surface area (Å²) in [7, 11) is 1.44. The summed E-state index contributed by atoms with van der Waals surface area (Å²) in [5, 5.41) is 11.2. The van der Waals surface area contributed by atoms with E-state index in [1.54, 1.807) is 0 Å². The summed E-state index contributed by atoms with van der Waals surface area (Å²) >= 11 is 0. The molecule has 2 N–H and O–H groups in total. The number of rotatable bonds is 8. The molecular weight excluding hydrogens is 210 g/mol. The van der Waals surface area contributed by atoms with E-state index in [9.17, 15) is 9.59 Å². The molecule has 0 spiro atoms. The van der Waals surface area contributed by atoms with Crippen molar-refractivity contribution in [1.82, 2.24) is 5.32 Å². The van der Waals surface area contributed by atoms with E-state index in [0.29, 0.717) is 12.3 Å². The maximum absolute atomic E-state index is 11.4. The highest BCUT2D eigenvalue weighted by Gasteiger charge is 2.14. The average Bonchev–Trinajstić information content (AvgIpc) is 2.23. The van der Waals surface area contributed by atoms with Gasteiger partial charge in [0.2, 0.25) is 5.91 Å². The normalized spacial score (nSPS) is 14.2. The van der Waals surface area contributed by atoms with Gasteiger partial charge in [-0.05, 0) is 5.92 Å². The van der Waals surface area contributed by atoms with Gasteiger partial charge < -0.3 is 15.2 Å². The number of hydrogen-bond donors (Lipinski definition) is 2. The van der Waals surface area contributed by atoms with Gasteiger partial charge in [-0.25, -0.2) is 0 Å². The first-order valence-corrected chi connectivity index (χ1v) is 5.50. The number of nitrogens with one attached hydrogen (secondary N) is 1. The van der Waals surface area contributed by atoms with E-state index in [4.69, 9.17) is 9.84 Å². The predicted octanol–water partition coefficient (Wildman–Crippen LogP) is 1.03. The Morgan fingerprint density at radius 1 is 1.38 bits per heavy atom. The van der Waals surface area contributed by atoms with Crippen molar-refractivity contribution < 1.29 is 19.4 Å². The zero-order valence-corrected chi connectivity index (χ0v) is 10.2. The van der Waals surface area contributed by atoms with E-state index in [0.717, 1.165) is 6.42 Å². The number of aliphatic carboxylic acids is 1. The lowest BCUT2D eigenvalue weighted by Gasteiger charge is -2.15. The number of ether oxygens (including phenoxy) is 1. The Hall–Kier alpha value is -1.10. The van der Waals surface area contributed by atoms with E-state index < -0.39 is 12.1 Å². The van der Waals surface area contributed by atoms with Crippen LogP contribution in [-0.2, 0) is 14.3 Å². The molecule has 0 radical (unpaired) electrons. The molecule has 5 nitrogen and oxygen atoms in total. The third kappa shape index (κ3) is 7.23. The monoisotopic (exact) mass is 231 g/mol. The second-order valence-electron chi connectivity index (χ2n) is 3.98. The van der Waals surface area contributed by atoms with Crippen molar-refractivity contribution >= 4 is 11.9 Å². The summed E-state index contributed by atoms with van der Waals surface area (Å²) in [6.45, 7) is 4.28. The van der Waals surface area contributed by atoms with Gasteiger partial charge in [0, 0.05) is 20.1 Å².